The molecule has 1 N–H and O–H groups in total. The normalized spacial score (nSPS) is 12.2. The second-order valence-corrected chi connectivity index (χ2v) is 9.60. The van der Waals surface area contributed by atoms with Gasteiger partial charge in [-0.1, -0.05) is 17.7 Å². The number of nitrogens with one attached hydrogen (secondary N) is 1. The average molecular weight is 509 g/mol. The van der Waals surface area contributed by atoms with Crippen molar-refractivity contribution in [2.75, 3.05) is 4.72 Å². The Balaban J connectivity index is 1.78. The van der Waals surface area contributed by atoms with E-state index in [0.29, 0.717) is 17.1 Å². The number of aromatic nitrogens is 3. The molecule has 0 spiro atoms. The number of alkyl halides is 3. The summed E-state index contributed by atoms with van der Waals surface area (Å²) in [5.74, 6) is -0.618. The van der Waals surface area contributed by atoms with Crippen LogP contribution in [-0.2, 0) is 23.2 Å². The van der Waals surface area contributed by atoms with E-state index in [1.165, 1.54) is 31.5 Å². The van der Waals surface area contributed by atoms with Crippen LogP contribution in [0.15, 0.2) is 59.9 Å². The van der Waals surface area contributed by atoms with Crippen molar-refractivity contribution in [3.63, 3.8) is 0 Å². The van der Waals surface area contributed by atoms with Gasteiger partial charge in [0.1, 0.15) is 11.3 Å². The number of hydrogen-bond donors (Lipinski definition) is 1. The third-order valence-corrected chi connectivity index (χ3v) is 6.72. The maximum absolute atomic E-state index is 13.3. The lowest BCUT2D eigenvalue weighted by Gasteiger charge is -2.15. The third-order valence-electron chi connectivity index (χ3n) is 5.15. The number of aryl methyl sites for hydroxylation is 2. The lowest BCUT2D eigenvalue weighted by molar-refractivity contribution is -0.138. The predicted octanol–water partition coefficient (Wildman–Crippen LogP) is 4.98. The fraction of sp³-hybridized carbons (Fsp3) is 0.136. The Labute approximate surface area is 197 Å². The van der Waals surface area contributed by atoms with Gasteiger partial charge in [-0.05, 0) is 42.8 Å². The highest BCUT2D eigenvalue weighted by Crippen LogP contribution is 2.34. The Morgan fingerprint density at radius 1 is 1.12 bits per heavy atom. The molecule has 0 amide bonds. The standard InChI is InChI=1S/C22H16ClF3N4O3S/c1-12-3-4-14(10-17(12)22(24,25)26)34(32,33)29-18-9-13(23)11-28-19(18)20(31)15-5-7-27-21-16(15)6-8-30(21)2/h3-11,29H,1-2H3. The van der Waals surface area contributed by atoms with Crippen molar-refractivity contribution in [2.24, 2.45) is 7.05 Å². The molecule has 3 aromatic heterocycles. The smallest absolute Gasteiger partial charge is 0.336 e. The van der Waals surface area contributed by atoms with Crippen LogP contribution in [-0.4, -0.2) is 28.7 Å². The second-order valence-electron chi connectivity index (χ2n) is 7.48. The van der Waals surface area contributed by atoms with Crippen LogP contribution in [0.3, 0.4) is 0 Å². The van der Waals surface area contributed by atoms with E-state index >= 15 is 0 Å². The number of carbonyl (C=O) groups is 1. The Morgan fingerprint density at radius 2 is 1.85 bits per heavy atom. The highest BCUT2D eigenvalue weighted by atomic mass is 35.5. The lowest BCUT2D eigenvalue weighted by Crippen LogP contribution is -2.18. The Bertz CT molecular complexity index is 1550. The first kappa shape index (κ1) is 23.7. The number of rotatable bonds is 5. The molecular weight excluding hydrogens is 493 g/mol. The van der Waals surface area contributed by atoms with Gasteiger partial charge in [0.05, 0.1) is 21.2 Å². The molecule has 176 valence electrons. The SMILES string of the molecule is Cc1ccc(S(=O)(=O)Nc2cc(Cl)cnc2C(=O)c2ccnc3c2ccn3C)cc1C(F)(F)F. The van der Waals surface area contributed by atoms with E-state index in [0.717, 1.165) is 12.1 Å². The van der Waals surface area contributed by atoms with Gasteiger partial charge >= 0.3 is 6.18 Å². The number of halogens is 4. The van der Waals surface area contributed by atoms with Gasteiger partial charge < -0.3 is 4.57 Å². The van der Waals surface area contributed by atoms with Crippen molar-refractivity contribution in [1.82, 2.24) is 14.5 Å². The van der Waals surface area contributed by atoms with Gasteiger partial charge in [0.25, 0.3) is 10.0 Å². The van der Waals surface area contributed by atoms with E-state index in [2.05, 4.69) is 14.7 Å². The Hall–Kier alpha value is -3.44. The molecule has 0 aliphatic rings. The highest BCUT2D eigenvalue weighted by Gasteiger charge is 2.34. The summed E-state index contributed by atoms with van der Waals surface area (Å²) < 4.78 is 69.7. The molecule has 0 aliphatic heterocycles. The second kappa shape index (κ2) is 8.41. The molecule has 0 unspecified atom stereocenters. The van der Waals surface area contributed by atoms with Crippen molar-refractivity contribution in [3.05, 3.63) is 82.4 Å². The monoisotopic (exact) mass is 508 g/mol. The van der Waals surface area contributed by atoms with Crippen LogP contribution in [0.2, 0.25) is 5.02 Å². The summed E-state index contributed by atoms with van der Waals surface area (Å²) >= 11 is 5.98. The number of sulfonamides is 1. The lowest BCUT2D eigenvalue weighted by atomic mass is 10.0. The van der Waals surface area contributed by atoms with Crippen LogP contribution in [0.25, 0.3) is 11.0 Å². The van der Waals surface area contributed by atoms with Crippen molar-refractivity contribution in [2.45, 2.75) is 18.0 Å². The van der Waals surface area contributed by atoms with Gasteiger partial charge in [-0.3, -0.25) is 9.52 Å². The fourth-order valence-electron chi connectivity index (χ4n) is 3.47. The quantitative estimate of drug-likeness (QED) is 0.384. The van der Waals surface area contributed by atoms with E-state index in [1.807, 2.05) is 0 Å². The zero-order chi connectivity index (χ0) is 24.8. The summed E-state index contributed by atoms with van der Waals surface area (Å²) in [4.78, 5) is 20.9. The zero-order valence-corrected chi connectivity index (χ0v) is 19.3. The van der Waals surface area contributed by atoms with Crippen LogP contribution in [0.1, 0.15) is 27.2 Å². The van der Waals surface area contributed by atoms with Crippen LogP contribution in [0.4, 0.5) is 18.9 Å². The minimum Gasteiger partial charge on any atom is -0.336 e. The maximum atomic E-state index is 13.3. The number of ketones is 1. The minimum absolute atomic E-state index is 0.0220. The van der Waals surface area contributed by atoms with Gasteiger partial charge in [-0.15, -0.1) is 0 Å². The molecule has 4 aromatic rings. The van der Waals surface area contributed by atoms with Crippen molar-refractivity contribution >= 4 is 44.1 Å². The van der Waals surface area contributed by atoms with E-state index < -0.39 is 32.4 Å². The number of anilines is 1. The van der Waals surface area contributed by atoms with Gasteiger partial charge in [0.15, 0.2) is 0 Å². The number of fused-ring (bicyclic) bond motifs is 1. The van der Waals surface area contributed by atoms with Crippen molar-refractivity contribution in [1.29, 1.82) is 0 Å². The Kier molecular flexibility index (Phi) is 5.86. The summed E-state index contributed by atoms with van der Waals surface area (Å²) in [6.07, 6.45) is -0.427. The zero-order valence-electron chi connectivity index (χ0n) is 17.7. The molecular formula is C22H16ClF3N4O3S. The summed E-state index contributed by atoms with van der Waals surface area (Å²) in [6, 6.07) is 6.95. The summed E-state index contributed by atoms with van der Waals surface area (Å²) in [6.45, 7) is 1.23. The summed E-state index contributed by atoms with van der Waals surface area (Å²) in [5.41, 5.74) is -1.01. The largest absolute Gasteiger partial charge is 0.416 e. The molecule has 0 aliphatic carbocycles. The molecule has 12 heteroatoms. The van der Waals surface area contributed by atoms with E-state index in [9.17, 15) is 26.4 Å². The minimum atomic E-state index is -4.74. The van der Waals surface area contributed by atoms with Gasteiger partial charge in [0.2, 0.25) is 5.78 Å². The molecule has 0 fully saturated rings. The molecule has 0 radical (unpaired) electrons. The first-order valence-electron chi connectivity index (χ1n) is 9.69. The highest BCUT2D eigenvalue weighted by molar-refractivity contribution is 7.92. The molecule has 0 bridgehead atoms. The molecule has 0 atom stereocenters. The number of nitrogens with zero attached hydrogens (tertiary/aromatic N) is 3. The molecule has 0 saturated heterocycles. The molecule has 3 heterocycles. The van der Waals surface area contributed by atoms with E-state index in [1.54, 1.807) is 23.9 Å². The first-order chi connectivity index (χ1) is 15.9. The number of hydrogen-bond acceptors (Lipinski definition) is 5. The van der Waals surface area contributed by atoms with Gasteiger partial charge in [-0.2, -0.15) is 13.2 Å². The predicted molar refractivity (Wildman–Crippen MR) is 120 cm³/mol. The Morgan fingerprint density at radius 3 is 2.56 bits per heavy atom. The maximum Gasteiger partial charge on any atom is 0.416 e. The van der Waals surface area contributed by atoms with Gasteiger partial charge in [0, 0.05) is 36.6 Å². The average Bonchev–Trinajstić information content (AvgIpc) is 3.13. The first-order valence-corrected chi connectivity index (χ1v) is 11.6. The van der Waals surface area contributed by atoms with Crippen LogP contribution in [0, 0.1) is 6.92 Å². The topological polar surface area (TPSA) is 93.9 Å². The molecule has 0 saturated carbocycles. The fourth-order valence-corrected chi connectivity index (χ4v) is 4.71. The molecule has 34 heavy (non-hydrogen) atoms. The summed E-state index contributed by atoms with van der Waals surface area (Å²) in [5, 5.41) is 0.544. The summed E-state index contributed by atoms with van der Waals surface area (Å²) in [7, 11) is -2.77. The number of benzene rings is 1. The molecule has 1 aromatic carbocycles. The van der Waals surface area contributed by atoms with Crippen LogP contribution in [0.5, 0.6) is 0 Å². The van der Waals surface area contributed by atoms with Crippen LogP contribution >= 0.6 is 11.6 Å². The van der Waals surface area contributed by atoms with E-state index in [4.69, 9.17) is 11.6 Å². The van der Waals surface area contributed by atoms with Gasteiger partial charge in [-0.25, -0.2) is 18.4 Å². The van der Waals surface area contributed by atoms with Crippen LogP contribution < -0.4 is 4.72 Å². The number of pyridine rings is 2. The van der Waals surface area contributed by atoms with E-state index in [-0.39, 0.29) is 27.5 Å². The van der Waals surface area contributed by atoms with Crippen molar-refractivity contribution < 1.29 is 26.4 Å². The third kappa shape index (κ3) is 4.36. The van der Waals surface area contributed by atoms with Crippen molar-refractivity contribution in [3.8, 4) is 0 Å². The number of carbonyl (C=O) groups excluding carboxylic acids is 1. The molecule has 4 rings (SSSR count). The molecule has 7 nitrogen and oxygen atoms in total.